The predicted octanol–water partition coefficient (Wildman–Crippen LogP) is 5.25. The van der Waals surface area contributed by atoms with Crippen molar-refractivity contribution in [3.8, 4) is 0 Å². The molecule has 0 spiro atoms. The number of hydrogen-bond donors (Lipinski definition) is 1. The van der Waals surface area contributed by atoms with E-state index < -0.39 is 0 Å². The molecular formula is C15H24ClNS. The lowest BCUT2D eigenvalue weighted by atomic mass is 9.68. The Morgan fingerprint density at radius 2 is 1.89 bits per heavy atom. The second-order valence-electron chi connectivity index (χ2n) is 6.64. The quantitative estimate of drug-likeness (QED) is 0.789. The molecule has 0 saturated heterocycles. The maximum atomic E-state index is 6.40. The van der Waals surface area contributed by atoms with E-state index >= 15 is 0 Å². The van der Waals surface area contributed by atoms with Gasteiger partial charge in [-0.15, -0.1) is 11.3 Å². The molecule has 18 heavy (non-hydrogen) atoms. The Morgan fingerprint density at radius 3 is 2.33 bits per heavy atom. The highest BCUT2D eigenvalue weighted by atomic mass is 35.5. The zero-order chi connectivity index (χ0) is 13.3. The first-order valence-corrected chi connectivity index (χ1v) is 8.14. The third kappa shape index (κ3) is 3.09. The molecule has 0 aliphatic heterocycles. The largest absolute Gasteiger partial charge is 0.323 e. The van der Waals surface area contributed by atoms with Gasteiger partial charge in [0.15, 0.2) is 0 Å². The number of nitrogens with two attached hydrogens (primary N) is 1. The van der Waals surface area contributed by atoms with Crippen molar-refractivity contribution in [2.75, 3.05) is 0 Å². The lowest BCUT2D eigenvalue weighted by Crippen LogP contribution is -2.30. The summed E-state index contributed by atoms with van der Waals surface area (Å²) in [6.45, 7) is 7.07. The van der Waals surface area contributed by atoms with Crippen LogP contribution in [0.5, 0.6) is 0 Å². The zero-order valence-corrected chi connectivity index (χ0v) is 13.2. The molecule has 1 aromatic rings. The summed E-state index contributed by atoms with van der Waals surface area (Å²) >= 11 is 7.89. The van der Waals surface area contributed by atoms with Crippen LogP contribution in [0, 0.1) is 17.3 Å². The van der Waals surface area contributed by atoms with Crippen molar-refractivity contribution in [2.24, 2.45) is 23.0 Å². The van der Waals surface area contributed by atoms with Crippen molar-refractivity contribution in [3.63, 3.8) is 0 Å². The van der Waals surface area contributed by atoms with Gasteiger partial charge in [0.25, 0.3) is 0 Å². The van der Waals surface area contributed by atoms with Crippen molar-refractivity contribution in [3.05, 3.63) is 21.3 Å². The minimum absolute atomic E-state index is 0.137. The van der Waals surface area contributed by atoms with Gasteiger partial charge in [-0.25, -0.2) is 0 Å². The third-order valence-electron chi connectivity index (χ3n) is 4.45. The molecule has 1 heterocycles. The molecule has 1 fully saturated rings. The summed E-state index contributed by atoms with van der Waals surface area (Å²) in [6.07, 6.45) is 5.12. The van der Waals surface area contributed by atoms with Crippen molar-refractivity contribution in [1.29, 1.82) is 0 Å². The van der Waals surface area contributed by atoms with Crippen LogP contribution in [0.2, 0.25) is 5.02 Å². The van der Waals surface area contributed by atoms with Crippen molar-refractivity contribution < 1.29 is 0 Å². The first-order chi connectivity index (χ1) is 8.39. The average molecular weight is 286 g/mol. The molecule has 1 atom stereocenters. The number of thiophene rings is 1. The molecule has 0 aromatic carbocycles. The second-order valence-corrected chi connectivity index (χ2v) is 7.99. The highest BCUT2D eigenvalue weighted by Crippen LogP contribution is 2.44. The van der Waals surface area contributed by atoms with Gasteiger partial charge in [-0.1, -0.05) is 32.4 Å². The van der Waals surface area contributed by atoms with Crippen LogP contribution in [-0.4, -0.2) is 0 Å². The van der Waals surface area contributed by atoms with E-state index in [1.54, 1.807) is 11.3 Å². The smallest absolute Gasteiger partial charge is 0.0561 e. The number of halogens is 1. The third-order valence-corrected chi connectivity index (χ3v) is 5.91. The Hall–Kier alpha value is -0.0500. The molecule has 1 unspecified atom stereocenters. The first-order valence-electron chi connectivity index (χ1n) is 6.88. The fourth-order valence-corrected chi connectivity index (χ4v) is 4.38. The summed E-state index contributed by atoms with van der Waals surface area (Å²) in [6, 6.07) is 2.10. The van der Waals surface area contributed by atoms with E-state index in [0.717, 1.165) is 10.9 Å². The average Bonchev–Trinajstić information content (AvgIpc) is 2.73. The molecule has 0 radical (unpaired) electrons. The molecule has 1 saturated carbocycles. The van der Waals surface area contributed by atoms with E-state index in [0.29, 0.717) is 11.3 Å². The summed E-state index contributed by atoms with van der Waals surface area (Å²) in [4.78, 5) is 1.18. The lowest BCUT2D eigenvalue weighted by molar-refractivity contribution is 0.140. The monoisotopic (exact) mass is 285 g/mol. The fourth-order valence-electron chi connectivity index (χ4n) is 3.10. The van der Waals surface area contributed by atoms with Gasteiger partial charge in [-0.3, -0.25) is 0 Å². The van der Waals surface area contributed by atoms with Crippen LogP contribution in [0.15, 0.2) is 11.4 Å². The zero-order valence-electron chi connectivity index (χ0n) is 11.6. The Morgan fingerprint density at radius 1 is 1.28 bits per heavy atom. The van der Waals surface area contributed by atoms with Crippen LogP contribution in [-0.2, 0) is 0 Å². The fraction of sp³-hybridized carbons (Fsp3) is 0.733. The Labute approximate surface area is 120 Å². The van der Waals surface area contributed by atoms with E-state index in [9.17, 15) is 0 Å². The van der Waals surface area contributed by atoms with Gasteiger partial charge < -0.3 is 5.73 Å². The Bertz CT molecular complexity index is 385. The van der Waals surface area contributed by atoms with Gasteiger partial charge in [-0.05, 0) is 54.4 Å². The molecular weight excluding hydrogens is 262 g/mol. The van der Waals surface area contributed by atoms with E-state index in [1.807, 2.05) is 11.4 Å². The maximum Gasteiger partial charge on any atom is 0.0561 e. The summed E-state index contributed by atoms with van der Waals surface area (Å²) in [5.41, 5.74) is 6.84. The normalized spacial score (nSPS) is 27.2. The number of hydrogen-bond acceptors (Lipinski definition) is 2. The van der Waals surface area contributed by atoms with E-state index in [2.05, 4.69) is 20.8 Å². The van der Waals surface area contributed by atoms with Crippen LogP contribution in [0.25, 0.3) is 0 Å². The molecule has 1 aliphatic rings. The van der Waals surface area contributed by atoms with Gasteiger partial charge in [0.05, 0.1) is 5.02 Å². The standard InChI is InChI=1S/C15H24ClNS/c1-15(2,3)11-6-4-10(5-7-11)13(17)14-12(16)8-9-18-14/h8-11,13H,4-7,17H2,1-3H3. The molecule has 0 bridgehead atoms. The minimum Gasteiger partial charge on any atom is -0.323 e. The van der Waals surface area contributed by atoms with Crippen LogP contribution < -0.4 is 5.73 Å². The Kier molecular flexibility index (Phi) is 4.40. The Balaban J connectivity index is 1.96. The topological polar surface area (TPSA) is 26.0 Å². The number of rotatable bonds is 2. The highest BCUT2D eigenvalue weighted by Gasteiger charge is 2.32. The van der Waals surface area contributed by atoms with Gasteiger partial charge in [0.1, 0.15) is 0 Å². The summed E-state index contributed by atoms with van der Waals surface area (Å²) in [5, 5.41) is 2.89. The van der Waals surface area contributed by atoms with Crippen molar-refractivity contribution >= 4 is 22.9 Å². The SMILES string of the molecule is CC(C)(C)C1CCC(C(N)c2sccc2Cl)CC1. The van der Waals surface area contributed by atoms with Gasteiger partial charge in [-0.2, -0.15) is 0 Å². The van der Waals surface area contributed by atoms with E-state index in [1.165, 1.54) is 30.6 Å². The van der Waals surface area contributed by atoms with Gasteiger partial charge in [0, 0.05) is 10.9 Å². The molecule has 1 aliphatic carbocycles. The van der Waals surface area contributed by atoms with E-state index in [4.69, 9.17) is 17.3 Å². The van der Waals surface area contributed by atoms with Crippen LogP contribution in [0.1, 0.15) is 57.4 Å². The summed E-state index contributed by atoms with van der Waals surface area (Å²) < 4.78 is 0. The molecule has 1 aromatic heterocycles. The first kappa shape index (κ1) is 14.4. The second kappa shape index (κ2) is 5.52. The minimum atomic E-state index is 0.137. The molecule has 3 heteroatoms. The van der Waals surface area contributed by atoms with Crippen LogP contribution >= 0.6 is 22.9 Å². The maximum absolute atomic E-state index is 6.40. The van der Waals surface area contributed by atoms with Gasteiger partial charge >= 0.3 is 0 Å². The van der Waals surface area contributed by atoms with Gasteiger partial charge in [0.2, 0.25) is 0 Å². The molecule has 2 rings (SSSR count). The van der Waals surface area contributed by atoms with E-state index in [-0.39, 0.29) is 6.04 Å². The van der Waals surface area contributed by atoms with Crippen LogP contribution in [0.4, 0.5) is 0 Å². The van der Waals surface area contributed by atoms with Crippen molar-refractivity contribution in [2.45, 2.75) is 52.5 Å². The highest BCUT2D eigenvalue weighted by molar-refractivity contribution is 7.10. The summed E-state index contributed by atoms with van der Waals surface area (Å²) in [5.74, 6) is 1.46. The lowest BCUT2D eigenvalue weighted by Gasteiger charge is -2.38. The summed E-state index contributed by atoms with van der Waals surface area (Å²) in [7, 11) is 0. The molecule has 0 amide bonds. The van der Waals surface area contributed by atoms with Crippen molar-refractivity contribution in [1.82, 2.24) is 0 Å². The molecule has 102 valence electrons. The van der Waals surface area contributed by atoms with Crippen LogP contribution in [0.3, 0.4) is 0 Å². The molecule has 1 nitrogen and oxygen atoms in total. The molecule has 2 N–H and O–H groups in total. The predicted molar refractivity (Wildman–Crippen MR) is 81.2 cm³/mol.